The zero-order chi connectivity index (χ0) is 18.4. The van der Waals surface area contributed by atoms with E-state index < -0.39 is 18.1 Å². The van der Waals surface area contributed by atoms with E-state index in [1.165, 1.54) is 17.0 Å². The lowest BCUT2D eigenvalue weighted by atomic mass is 9.98. The second-order valence-electron chi connectivity index (χ2n) is 5.54. The Kier molecular flexibility index (Phi) is 6.11. The summed E-state index contributed by atoms with van der Waals surface area (Å²) in [6, 6.07) is 4.53. The topological polar surface area (TPSA) is 67.9 Å². The predicted octanol–water partition coefficient (Wildman–Crippen LogP) is 3.39. The monoisotopic (exact) mass is 360 g/mol. The highest BCUT2D eigenvalue weighted by molar-refractivity contribution is 5.90. The molecule has 1 fully saturated rings. The fourth-order valence-electron chi connectivity index (χ4n) is 2.59. The van der Waals surface area contributed by atoms with Gasteiger partial charge >= 0.3 is 18.4 Å². The number of halogens is 3. The van der Waals surface area contributed by atoms with Crippen LogP contribution in [0.15, 0.2) is 24.3 Å². The first-order chi connectivity index (χ1) is 11.8. The van der Waals surface area contributed by atoms with E-state index in [9.17, 15) is 22.8 Å². The maximum absolute atomic E-state index is 12.3. The quantitative estimate of drug-likeness (QED) is 0.836. The Morgan fingerprint density at radius 3 is 2.80 bits per heavy atom. The van der Waals surface area contributed by atoms with Crippen molar-refractivity contribution in [2.75, 3.05) is 25.0 Å². The highest BCUT2D eigenvalue weighted by Crippen LogP contribution is 2.25. The molecule has 0 aromatic heterocycles. The number of nitrogens with one attached hydrogen (secondary N) is 1. The van der Waals surface area contributed by atoms with E-state index in [4.69, 9.17) is 4.74 Å². The standard InChI is InChI=1S/C16H19F3N2O4/c1-2-24-14(22)11-5-4-8-21(10-11)15(23)20-12-6-3-7-13(9-12)25-16(17,18)19/h3,6-7,9,11H,2,4-5,8,10H2,1H3,(H,20,23)/t11-/m1/s1. The van der Waals surface area contributed by atoms with Gasteiger partial charge in [0.2, 0.25) is 0 Å². The molecule has 6 nitrogen and oxygen atoms in total. The molecule has 138 valence electrons. The van der Waals surface area contributed by atoms with Crippen LogP contribution in [-0.4, -0.2) is 43.0 Å². The predicted molar refractivity (Wildman–Crippen MR) is 83.1 cm³/mol. The molecule has 0 spiro atoms. The third kappa shape index (κ3) is 5.84. The van der Waals surface area contributed by atoms with Crippen molar-refractivity contribution in [3.05, 3.63) is 24.3 Å². The highest BCUT2D eigenvalue weighted by Gasteiger charge is 2.31. The van der Waals surface area contributed by atoms with E-state index in [2.05, 4.69) is 10.1 Å². The molecule has 0 aliphatic carbocycles. The second-order valence-corrected chi connectivity index (χ2v) is 5.54. The number of alkyl halides is 3. The number of anilines is 1. The molecule has 0 unspecified atom stereocenters. The summed E-state index contributed by atoms with van der Waals surface area (Å²) in [4.78, 5) is 25.5. The van der Waals surface area contributed by atoms with Gasteiger partial charge in [0.25, 0.3) is 0 Å². The molecule has 0 radical (unpaired) electrons. The number of amides is 2. The van der Waals surface area contributed by atoms with Crippen molar-refractivity contribution < 1.29 is 32.2 Å². The van der Waals surface area contributed by atoms with E-state index in [-0.39, 0.29) is 30.7 Å². The Morgan fingerprint density at radius 1 is 1.36 bits per heavy atom. The molecular weight excluding hydrogens is 341 g/mol. The van der Waals surface area contributed by atoms with Crippen molar-refractivity contribution >= 4 is 17.7 Å². The zero-order valence-electron chi connectivity index (χ0n) is 13.6. The van der Waals surface area contributed by atoms with Crippen LogP contribution >= 0.6 is 0 Å². The molecule has 1 saturated heterocycles. The van der Waals surface area contributed by atoms with Crippen LogP contribution in [0.5, 0.6) is 5.75 Å². The summed E-state index contributed by atoms with van der Waals surface area (Å²) in [7, 11) is 0. The summed E-state index contributed by atoms with van der Waals surface area (Å²) in [5, 5.41) is 2.52. The number of hydrogen-bond acceptors (Lipinski definition) is 4. The van der Waals surface area contributed by atoms with Gasteiger partial charge in [0.1, 0.15) is 5.75 Å². The molecule has 0 saturated carbocycles. The van der Waals surface area contributed by atoms with Gasteiger partial charge in [-0.15, -0.1) is 13.2 Å². The molecule has 1 atom stereocenters. The lowest BCUT2D eigenvalue weighted by Gasteiger charge is -2.31. The highest BCUT2D eigenvalue weighted by atomic mass is 19.4. The van der Waals surface area contributed by atoms with Gasteiger partial charge in [-0.05, 0) is 31.9 Å². The Hall–Kier alpha value is -2.45. The van der Waals surface area contributed by atoms with E-state index in [0.29, 0.717) is 19.4 Å². The van der Waals surface area contributed by atoms with Crippen LogP contribution in [0, 0.1) is 5.92 Å². The minimum atomic E-state index is -4.80. The third-order valence-corrected chi connectivity index (χ3v) is 3.65. The molecule has 1 aliphatic rings. The fourth-order valence-corrected chi connectivity index (χ4v) is 2.59. The van der Waals surface area contributed by atoms with Gasteiger partial charge < -0.3 is 19.7 Å². The molecule has 1 aromatic carbocycles. The van der Waals surface area contributed by atoms with Crippen molar-refractivity contribution in [1.29, 1.82) is 0 Å². The normalized spacial score (nSPS) is 17.8. The first-order valence-corrected chi connectivity index (χ1v) is 7.87. The molecule has 1 aromatic rings. The molecule has 25 heavy (non-hydrogen) atoms. The van der Waals surface area contributed by atoms with E-state index in [0.717, 1.165) is 12.1 Å². The molecule has 2 rings (SSSR count). The van der Waals surface area contributed by atoms with Crippen molar-refractivity contribution in [3.63, 3.8) is 0 Å². The van der Waals surface area contributed by atoms with Crippen LogP contribution in [0.3, 0.4) is 0 Å². The van der Waals surface area contributed by atoms with Gasteiger partial charge in [-0.2, -0.15) is 0 Å². The summed E-state index contributed by atoms with van der Waals surface area (Å²) in [5.74, 6) is -1.16. The number of carbonyl (C=O) groups excluding carboxylic acids is 2. The van der Waals surface area contributed by atoms with Crippen molar-refractivity contribution in [2.24, 2.45) is 5.92 Å². The van der Waals surface area contributed by atoms with E-state index in [1.54, 1.807) is 6.92 Å². The summed E-state index contributed by atoms with van der Waals surface area (Å²) < 4.78 is 45.5. The number of rotatable bonds is 4. The lowest BCUT2D eigenvalue weighted by molar-refractivity contribution is -0.274. The van der Waals surface area contributed by atoms with Gasteiger partial charge in [-0.25, -0.2) is 4.79 Å². The molecule has 1 heterocycles. The zero-order valence-corrected chi connectivity index (χ0v) is 13.6. The van der Waals surface area contributed by atoms with Gasteiger partial charge in [0, 0.05) is 24.8 Å². The Balaban J connectivity index is 1.97. The Labute approximate surface area is 142 Å². The van der Waals surface area contributed by atoms with E-state index >= 15 is 0 Å². The number of likely N-dealkylation sites (tertiary alicyclic amines) is 1. The number of ether oxygens (including phenoxy) is 2. The van der Waals surface area contributed by atoms with Gasteiger partial charge in [0.05, 0.1) is 12.5 Å². The number of esters is 1. The minimum absolute atomic E-state index is 0.171. The smallest absolute Gasteiger partial charge is 0.466 e. The molecule has 1 aliphatic heterocycles. The lowest BCUT2D eigenvalue weighted by Crippen LogP contribution is -2.44. The van der Waals surface area contributed by atoms with Crippen LogP contribution in [-0.2, 0) is 9.53 Å². The maximum Gasteiger partial charge on any atom is 0.573 e. The van der Waals surface area contributed by atoms with Gasteiger partial charge in [-0.3, -0.25) is 4.79 Å². The van der Waals surface area contributed by atoms with Gasteiger partial charge in [0.15, 0.2) is 0 Å². The molecular formula is C16H19F3N2O4. The number of carbonyl (C=O) groups is 2. The van der Waals surface area contributed by atoms with E-state index in [1.807, 2.05) is 0 Å². The van der Waals surface area contributed by atoms with Crippen molar-refractivity contribution in [3.8, 4) is 5.75 Å². The molecule has 9 heteroatoms. The SMILES string of the molecule is CCOC(=O)[C@@H]1CCCN(C(=O)Nc2cccc(OC(F)(F)F)c2)C1. The number of hydrogen-bond donors (Lipinski definition) is 1. The minimum Gasteiger partial charge on any atom is -0.466 e. The van der Waals surface area contributed by atoms with Crippen LogP contribution < -0.4 is 10.1 Å². The first-order valence-electron chi connectivity index (χ1n) is 7.87. The summed E-state index contributed by atoms with van der Waals surface area (Å²) in [5.41, 5.74) is 0.171. The van der Waals surface area contributed by atoms with Crippen molar-refractivity contribution in [2.45, 2.75) is 26.1 Å². The van der Waals surface area contributed by atoms with Crippen LogP contribution in [0.2, 0.25) is 0 Å². The Morgan fingerprint density at radius 2 is 2.12 bits per heavy atom. The molecule has 2 amide bonds. The third-order valence-electron chi connectivity index (χ3n) is 3.65. The maximum atomic E-state index is 12.3. The number of piperidine rings is 1. The summed E-state index contributed by atoms with van der Waals surface area (Å²) in [6.07, 6.45) is -3.52. The molecule has 1 N–H and O–H groups in total. The Bertz CT molecular complexity index is 622. The average molecular weight is 360 g/mol. The molecule has 0 bridgehead atoms. The number of benzene rings is 1. The van der Waals surface area contributed by atoms with Crippen LogP contribution in [0.4, 0.5) is 23.7 Å². The van der Waals surface area contributed by atoms with Gasteiger partial charge in [-0.1, -0.05) is 6.07 Å². The number of urea groups is 1. The van der Waals surface area contributed by atoms with Crippen LogP contribution in [0.25, 0.3) is 0 Å². The largest absolute Gasteiger partial charge is 0.573 e. The van der Waals surface area contributed by atoms with Crippen LogP contribution in [0.1, 0.15) is 19.8 Å². The number of nitrogens with zero attached hydrogens (tertiary/aromatic N) is 1. The first kappa shape index (κ1) is 18.9. The summed E-state index contributed by atoms with van der Waals surface area (Å²) in [6.45, 7) is 2.65. The average Bonchev–Trinajstić information content (AvgIpc) is 2.54. The summed E-state index contributed by atoms with van der Waals surface area (Å²) >= 11 is 0. The fraction of sp³-hybridized carbons (Fsp3) is 0.500. The second kappa shape index (κ2) is 8.09. The van der Waals surface area contributed by atoms with Crippen molar-refractivity contribution in [1.82, 2.24) is 4.90 Å².